The first kappa shape index (κ1) is 24.7. The predicted octanol–water partition coefficient (Wildman–Crippen LogP) is 3.14. The van der Waals surface area contributed by atoms with Crippen LogP contribution < -0.4 is 10.6 Å². The lowest BCUT2D eigenvalue weighted by atomic mass is 9.93. The number of hydrogen-bond acceptors (Lipinski definition) is 7. The molecule has 0 bridgehead atoms. The number of piperidine rings is 1. The Bertz CT molecular complexity index is 952. The Morgan fingerprint density at radius 1 is 1.33 bits per heavy atom. The Labute approximate surface area is 195 Å². The molecule has 1 aliphatic heterocycles. The zero-order valence-corrected chi connectivity index (χ0v) is 20.1. The van der Waals surface area contributed by atoms with Gasteiger partial charge in [-0.1, -0.05) is 34.6 Å². The van der Waals surface area contributed by atoms with E-state index in [1.165, 1.54) is 0 Å². The number of nitrogens with zero attached hydrogens (tertiary/aromatic N) is 3. The zero-order chi connectivity index (χ0) is 24.2. The third-order valence-electron chi connectivity index (χ3n) is 5.64. The summed E-state index contributed by atoms with van der Waals surface area (Å²) >= 11 is 0. The molecule has 0 spiro atoms. The SMILES string of the molecule is CC(C)CN(C(=O)c1cnc(C(C)(C)C)nc1NCc1ccco1)[C@@H]1CNC[C@H](C(=O)O)C1. The highest BCUT2D eigenvalue weighted by atomic mass is 16.4. The Balaban J connectivity index is 1.94. The summed E-state index contributed by atoms with van der Waals surface area (Å²) in [6.07, 6.45) is 3.60. The van der Waals surface area contributed by atoms with Gasteiger partial charge in [0.15, 0.2) is 0 Å². The Morgan fingerprint density at radius 2 is 2.09 bits per heavy atom. The molecule has 9 heteroatoms. The quantitative estimate of drug-likeness (QED) is 0.553. The summed E-state index contributed by atoms with van der Waals surface area (Å²) in [5.74, 6) is 0.442. The molecule has 2 atom stereocenters. The summed E-state index contributed by atoms with van der Waals surface area (Å²) < 4.78 is 5.42. The van der Waals surface area contributed by atoms with Crippen molar-refractivity contribution in [2.24, 2.45) is 11.8 Å². The van der Waals surface area contributed by atoms with Gasteiger partial charge in [0.05, 0.1) is 18.7 Å². The molecule has 9 nitrogen and oxygen atoms in total. The summed E-state index contributed by atoms with van der Waals surface area (Å²) in [6.45, 7) is 12.0. The number of carboxylic acids is 1. The largest absolute Gasteiger partial charge is 0.481 e. The second kappa shape index (κ2) is 10.3. The minimum atomic E-state index is -0.845. The van der Waals surface area contributed by atoms with E-state index in [1.54, 1.807) is 17.4 Å². The maximum absolute atomic E-state index is 13.8. The third-order valence-corrected chi connectivity index (χ3v) is 5.64. The van der Waals surface area contributed by atoms with Gasteiger partial charge in [-0.2, -0.15) is 0 Å². The van der Waals surface area contributed by atoms with Gasteiger partial charge in [0.25, 0.3) is 5.91 Å². The molecule has 1 amide bonds. The fraction of sp³-hybridized carbons (Fsp3) is 0.583. The molecule has 0 aliphatic carbocycles. The van der Waals surface area contributed by atoms with Gasteiger partial charge in [0.2, 0.25) is 0 Å². The van der Waals surface area contributed by atoms with Crippen molar-refractivity contribution in [3.8, 4) is 0 Å². The third kappa shape index (κ3) is 6.31. The van der Waals surface area contributed by atoms with Gasteiger partial charge < -0.3 is 25.1 Å². The lowest BCUT2D eigenvalue weighted by molar-refractivity contribution is -0.142. The molecule has 3 N–H and O–H groups in total. The fourth-order valence-corrected chi connectivity index (χ4v) is 3.91. The van der Waals surface area contributed by atoms with Crippen LogP contribution in [0.4, 0.5) is 5.82 Å². The minimum Gasteiger partial charge on any atom is -0.481 e. The zero-order valence-electron chi connectivity index (χ0n) is 20.1. The van der Waals surface area contributed by atoms with E-state index in [-0.39, 0.29) is 23.3 Å². The lowest BCUT2D eigenvalue weighted by Crippen LogP contribution is -2.53. The first-order valence-corrected chi connectivity index (χ1v) is 11.4. The molecule has 2 aromatic rings. The number of nitrogens with one attached hydrogen (secondary N) is 2. The first-order valence-electron chi connectivity index (χ1n) is 11.4. The molecule has 1 fully saturated rings. The number of carbonyl (C=O) groups excluding carboxylic acids is 1. The molecule has 1 aliphatic rings. The molecule has 33 heavy (non-hydrogen) atoms. The Hall–Kier alpha value is -2.94. The number of carbonyl (C=O) groups is 2. The molecular weight excluding hydrogens is 422 g/mol. The molecule has 0 unspecified atom stereocenters. The number of hydrogen-bond donors (Lipinski definition) is 3. The van der Waals surface area contributed by atoms with Crippen molar-refractivity contribution in [2.45, 2.75) is 59.0 Å². The van der Waals surface area contributed by atoms with E-state index < -0.39 is 11.9 Å². The molecular formula is C24H35N5O4. The minimum absolute atomic E-state index is 0.205. The van der Waals surface area contributed by atoms with Crippen LogP contribution in [-0.4, -0.2) is 57.5 Å². The summed E-state index contributed by atoms with van der Waals surface area (Å²) in [4.78, 5) is 36.4. The van der Waals surface area contributed by atoms with Gasteiger partial charge in [-0.05, 0) is 24.5 Å². The highest BCUT2D eigenvalue weighted by molar-refractivity contribution is 5.98. The normalized spacial score (nSPS) is 18.8. The van der Waals surface area contributed by atoms with Crippen LogP contribution in [0.25, 0.3) is 0 Å². The predicted molar refractivity (Wildman–Crippen MR) is 125 cm³/mol. The molecule has 2 aromatic heterocycles. The molecule has 180 valence electrons. The van der Waals surface area contributed by atoms with Crippen molar-refractivity contribution in [1.29, 1.82) is 0 Å². The number of amides is 1. The average Bonchev–Trinajstić information content (AvgIpc) is 3.28. The van der Waals surface area contributed by atoms with Gasteiger partial charge >= 0.3 is 5.97 Å². The first-order chi connectivity index (χ1) is 15.6. The van der Waals surface area contributed by atoms with E-state index in [0.717, 1.165) is 5.76 Å². The van der Waals surface area contributed by atoms with Gasteiger partial charge in [0, 0.05) is 37.3 Å². The van der Waals surface area contributed by atoms with E-state index in [1.807, 2.05) is 46.8 Å². The van der Waals surface area contributed by atoms with Crippen molar-refractivity contribution >= 4 is 17.7 Å². The van der Waals surface area contributed by atoms with Crippen LogP contribution in [0.2, 0.25) is 0 Å². The van der Waals surface area contributed by atoms with E-state index in [0.29, 0.717) is 49.8 Å². The van der Waals surface area contributed by atoms with Crippen LogP contribution in [0.15, 0.2) is 29.0 Å². The lowest BCUT2D eigenvalue weighted by Gasteiger charge is -2.38. The van der Waals surface area contributed by atoms with Gasteiger partial charge in [-0.15, -0.1) is 0 Å². The Morgan fingerprint density at radius 3 is 2.70 bits per heavy atom. The number of furan rings is 1. The van der Waals surface area contributed by atoms with Crippen LogP contribution in [0.5, 0.6) is 0 Å². The van der Waals surface area contributed by atoms with Crippen LogP contribution in [0.1, 0.15) is 63.0 Å². The van der Waals surface area contributed by atoms with Crippen molar-refractivity contribution in [2.75, 3.05) is 25.0 Å². The van der Waals surface area contributed by atoms with Crippen molar-refractivity contribution < 1.29 is 19.1 Å². The summed E-state index contributed by atoms with van der Waals surface area (Å²) in [5.41, 5.74) is 0.0788. The van der Waals surface area contributed by atoms with Crippen molar-refractivity contribution in [3.05, 3.63) is 41.7 Å². The van der Waals surface area contributed by atoms with E-state index in [2.05, 4.69) is 15.6 Å². The maximum Gasteiger partial charge on any atom is 0.307 e. The van der Waals surface area contributed by atoms with E-state index in [9.17, 15) is 14.7 Å². The van der Waals surface area contributed by atoms with Gasteiger partial charge in [0.1, 0.15) is 23.0 Å². The fourth-order valence-electron chi connectivity index (χ4n) is 3.91. The summed E-state index contributed by atoms with van der Waals surface area (Å²) in [7, 11) is 0. The molecule has 1 saturated heterocycles. The molecule has 3 heterocycles. The van der Waals surface area contributed by atoms with E-state index in [4.69, 9.17) is 9.40 Å². The summed E-state index contributed by atoms with van der Waals surface area (Å²) in [6, 6.07) is 3.43. The van der Waals surface area contributed by atoms with Crippen molar-refractivity contribution in [3.63, 3.8) is 0 Å². The van der Waals surface area contributed by atoms with Crippen LogP contribution in [-0.2, 0) is 16.8 Å². The number of aliphatic carboxylic acids is 1. The monoisotopic (exact) mass is 457 g/mol. The summed E-state index contributed by atoms with van der Waals surface area (Å²) in [5, 5.41) is 15.9. The van der Waals surface area contributed by atoms with Crippen LogP contribution in [0.3, 0.4) is 0 Å². The number of carboxylic acid groups (broad SMARTS) is 1. The molecule has 0 radical (unpaired) electrons. The van der Waals surface area contributed by atoms with Crippen LogP contribution in [0, 0.1) is 11.8 Å². The second-order valence-corrected chi connectivity index (χ2v) is 10.1. The number of rotatable bonds is 8. The highest BCUT2D eigenvalue weighted by Crippen LogP contribution is 2.25. The molecule has 0 aromatic carbocycles. The average molecular weight is 458 g/mol. The van der Waals surface area contributed by atoms with Gasteiger partial charge in [-0.25, -0.2) is 9.97 Å². The van der Waals surface area contributed by atoms with E-state index >= 15 is 0 Å². The Kier molecular flexibility index (Phi) is 7.73. The number of anilines is 1. The molecule has 0 saturated carbocycles. The highest BCUT2D eigenvalue weighted by Gasteiger charge is 2.34. The second-order valence-electron chi connectivity index (χ2n) is 10.1. The maximum atomic E-state index is 13.8. The van der Waals surface area contributed by atoms with Crippen LogP contribution >= 0.6 is 0 Å². The smallest absolute Gasteiger partial charge is 0.307 e. The topological polar surface area (TPSA) is 121 Å². The van der Waals surface area contributed by atoms with Gasteiger partial charge in [-0.3, -0.25) is 9.59 Å². The van der Waals surface area contributed by atoms with Crippen molar-refractivity contribution in [1.82, 2.24) is 20.2 Å². The number of aromatic nitrogens is 2. The molecule has 3 rings (SSSR count). The standard InChI is InChI=1S/C24H35N5O4/c1-15(2)14-29(17-9-16(22(31)32)10-25-11-17)21(30)19-13-27-23(24(3,4)5)28-20(19)26-12-18-7-6-8-33-18/h6-8,13,15-17,25H,9-12,14H2,1-5H3,(H,31,32)(H,26,27,28)/t16-,17+/m1/s1.